The van der Waals surface area contributed by atoms with Crippen molar-refractivity contribution in [3.8, 4) is 0 Å². The van der Waals surface area contributed by atoms with Gasteiger partial charge in [0.1, 0.15) is 5.82 Å². The molecular formula is C18H24N4. The van der Waals surface area contributed by atoms with Crippen LogP contribution < -0.4 is 10.2 Å². The van der Waals surface area contributed by atoms with Crippen molar-refractivity contribution in [1.29, 1.82) is 0 Å². The summed E-state index contributed by atoms with van der Waals surface area (Å²) in [5, 5.41) is 3.59. The second kappa shape index (κ2) is 6.79. The Morgan fingerprint density at radius 3 is 2.64 bits per heavy atom. The van der Waals surface area contributed by atoms with E-state index < -0.39 is 0 Å². The number of benzene rings is 1. The molecule has 0 saturated carbocycles. The van der Waals surface area contributed by atoms with E-state index >= 15 is 0 Å². The molecule has 0 unspecified atom stereocenters. The summed E-state index contributed by atoms with van der Waals surface area (Å²) in [6.45, 7) is 9.22. The summed E-state index contributed by atoms with van der Waals surface area (Å²) in [6.07, 6.45) is 1.91. The summed E-state index contributed by atoms with van der Waals surface area (Å²) in [4.78, 5) is 9.40. The maximum atomic E-state index is 4.62. The van der Waals surface area contributed by atoms with Gasteiger partial charge >= 0.3 is 0 Å². The van der Waals surface area contributed by atoms with Gasteiger partial charge in [-0.15, -0.1) is 0 Å². The minimum atomic E-state index is 0.843. The molecule has 22 heavy (non-hydrogen) atoms. The third kappa shape index (κ3) is 3.07. The first-order valence-electron chi connectivity index (χ1n) is 8.04. The van der Waals surface area contributed by atoms with Gasteiger partial charge < -0.3 is 10.2 Å². The van der Waals surface area contributed by atoms with Crippen LogP contribution in [0.4, 0.5) is 11.5 Å². The first kappa shape index (κ1) is 14.9. The van der Waals surface area contributed by atoms with Crippen LogP contribution in [0.3, 0.4) is 0 Å². The van der Waals surface area contributed by atoms with E-state index in [2.05, 4.69) is 70.3 Å². The third-order valence-corrected chi connectivity index (χ3v) is 4.24. The molecule has 0 fully saturated rings. The lowest BCUT2D eigenvalue weighted by Crippen LogP contribution is -2.42. The first-order valence-corrected chi connectivity index (χ1v) is 8.04. The summed E-state index contributed by atoms with van der Waals surface area (Å²) in [7, 11) is 0. The molecule has 1 aromatic heterocycles. The predicted molar refractivity (Wildman–Crippen MR) is 92.0 cm³/mol. The lowest BCUT2D eigenvalue weighted by molar-refractivity contribution is 0.265. The predicted octanol–water partition coefficient (Wildman–Crippen LogP) is 3.31. The second-order valence-corrected chi connectivity index (χ2v) is 5.64. The molecule has 1 N–H and O–H groups in total. The topological polar surface area (TPSA) is 31.4 Å². The molecule has 116 valence electrons. The zero-order valence-corrected chi connectivity index (χ0v) is 13.4. The fraction of sp³-hybridized carbons (Fsp3) is 0.389. The summed E-state index contributed by atoms with van der Waals surface area (Å²) >= 11 is 0. The van der Waals surface area contributed by atoms with Crippen LogP contribution in [0, 0.1) is 0 Å². The van der Waals surface area contributed by atoms with Gasteiger partial charge in [0, 0.05) is 37.1 Å². The molecule has 0 radical (unpaired) electrons. The minimum absolute atomic E-state index is 0.843. The Kier molecular flexibility index (Phi) is 4.59. The molecule has 1 aliphatic heterocycles. The molecule has 4 nitrogen and oxygen atoms in total. The molecule has 0 amide bonds. The Bertz CT molecular complexity index is 612. The van der Waals surface area contributed by atoms with Gasteiger partial charge in [-0.1, -0.05) is 37.3 Å². The summed E-state index contributed by atoms with van der Waals surface area (Å²) in [5.74, 6) is 1.13. The van der Waals surface area contributed by atoms with Crippen LogP contribution >= 0.6 is 0 Å². The van der Waals surface area contributed by atoms with Crippen molar-refractivity contribution in [3.63, 3.8) is 0 Å². The van der Waals surface area contributed by atoms with Gasteiger partial charge in [0.15, 0.2) is 0 Å². The van der Waals surface area contributed by atoms with Gasteiger partial charge in [0.2, 0.25) is 0 Å². The Labute approximate surface area is 132 Å². The molecule has 4 heteroatoms. The quantitative estimate of drug-likeness (QED) is 0.917. The standard InChI is InChI=1S/C18H24N4/c1-3-21-13-16-17(20-12-15-8-6-5-7-9-15)10-11-19-18(16)22(4-2)14-21/h5-11H,3-4,12-14H2,1-2H3,(H,19,20). The SMILES string of the molecule is CCN1Cc2c(NCc3ccccc3)ccnc2N(CC)C1. The van der Waals surface area contributed by atoms with E-state index in [-0.39, 0.29) is 0 Å². The Morgan fingerprint density at radius 2 is 1.91 bits per heavy atom. The molecule has 2 heterocycles. The number of rotatable bonds is 5. The zero-order chi connectivity index (χ0) is 15.4. The smallest absolute Gasteiger partial charge is 0.136 e. The van der Waals surface area contributed by atoms with E-state index in [1.54, 1.807) is 0 Å². The summed E-state index contributed by atoms with van der Waals surface area (Å²) < 4.78 is 0. The fourth-order valence-electron chi connectivity index (χ4n) is 2.91. The highest BCUT2D eigenvalue weighted by atomic mass is 15.4. The van der Waals surface area contributed by atoms with Crippen LogP contribution in [0.15, 0.2) is 42.6 Å². The van der Waals surface area contributed by atoms with Crippen LogP contribution in [-0.4, -0.2) is 29.6 Å². The molecule has 0 bridgehead atoms. The van der Waals surface area contributed by atoms with Crippen molar-refractivity contribution in [2.45, 2.75) is 26.9 Å². The first-order chi connectivity index (χ1) is 10.8. The largest absolute Gasteiger partial charge is 0.381 e. The number of anilines is 2. The fourth-order valence-corrected chi connectivity index (χ4v) is 2.91. The molecule has 0 atom stereocenters. The molecule has 3 rings (SSSR count). The Balaban J connectivity index is 1.83. The van der Waals surface area contributed by atoms with Gasteiger partial charge in [-0.25, -0.2) is 4.98 Å². The van der Waals surface area contributed by atoms with Crippen LogP contribution in [0.25, 0.3) is 0 Å². The van der Waals surface area contributed by atoms with Crippen molar-refractivity contribution in [1.82, 2.24) is 9.88 Å². The minimum Gasteiger partial charge on any atom is -0.381 e. The van der Waals surface area contributed by atoms with Crippen molar-refractivity contribution in [2.75, 3.05) is 30.0 Å². The average molecular weight is 296 g/mol. The highest BCUT2D eigenvalue weighted by Crippen LogP contribution is 2.30. The lowest BCUT2D eigenvalue weighted by Gasteiger charge is -2.37. The van der Waals surface area contributed by atoms with Crippen LogP contribution in [0.1, 0.15) is 25.0 Å². The van der Waals surface area contributed by atoms with Crippen LogP contribution in [-0.2, 0) is 13.1 Å². The lowest BCUT2D eigenvalue weighted by atomic mass is 10.1. The van der Waals surface area contributed by atoms with E-state index in [1.165, 1.54) is 16.8 Å². The second-order valence-electron chi connectivity index (χ2n) is 5.64. The van der Waals surface area contributed by atoms with Crippen LogP contribution in [0.5, 0.6) is 0 Å². The maximum Gasteiger partial charge on any atom is 0.136 e. The third-order valence-electron chi connectivity index (χ3n) is 4.24. The van der Waals surface area contributed by atoms with Gasteiger partial charge in [0.25, 0.3) is 0 Å². The molecule has 0 spiro atoms. The number of aromatic nitrogens is 1. The van der Waals surface area contributed by atoms with E-state index in [4.69, 9.17) is 0 Å². The Hall–Kier alpha value is -2.07. The van der Waals surface area contributed by atoms with Crippen molar-refractivity contribution < 1.29 is 0 Å². The van der Waals surface area contributed by atoms with Gasteiger partial charge in [-0.05, 0) is 25.1 Å². The highest BCUT2D eigenvalue weighted by Gasteiger charge is 2.23. The molecule has 0 saturated heterocycles. The molecule has 1 aliphatic rings. The Morgan fingerprint density at radius 1 is 1.09 bits per heavy atom. The van der Waals surface area contributed by atoms with Crippen molar-refractivity contribution in [2.24, 2.45) is 0 Å². The normalized spacial score (nSPS) is 14.7. The molecular weight excluding hydrogens is 272 g/mol. The number of fused-ring (bicyclic) bond motifs is 1. The van der Waals surface area contributed by atoms with Gasteiger partial charge in [0.05, 0.1) is 6.67 Å². The number of nitrogens with zero attached hydrogens (tertiary/aromatic N) is 3. The van der Waals surface area contributed by atoms with Gasteiger partial charge in [-0.2, -0.15) is 0 Å². The highest BCUT2D eigenvalue weighted by molar-refractivity contribution is 5.63. The number of hydrogen-bond donors (Lipinski definition) is 1. The monoisotopic (exact) mass is 296 g/mol. The molecule has 0 aliphatic carbocycles. The van der Waals surface area contributed by atoms with Gasteiger partial charge in [-0.3, -0.25) is 4.90 Å². The van der Waals surface area contributed by atoms with E-state index in [0.29, 0.717) is 0 Å². The average Bonchev–Trinajstić information content (AvgIpc) is 2.59. The van der Waals surface area contributed by atoms with Crippen molar-refractivity contribution in [3.05, 3.63) is 53.7 Å². The number of hydrogen-bond acceptors (Lipinski definition) is 4. The van der Waals surface area contributed by atoms with Crippen molar-refractivity contribution >= 4 is 11.5 Å². The zero-order valence-electron chi connectivity index (χ0n) is 13.4. The van der Waals surface area contributed by atoms with E-state index in [1.807, 2.05) is 6.20 Å². The number of nitrogens with one attached hydrogen (secondary N) is 1. The van der Waals surface area contributed by atoms with E-state index in [0.717, 1.165) is 38.7 Å². The molecule has 1 aromatic carbocycles. The maximum absolute atomic E-state index is 4.62. The van der Waals surface area contributed by atoms with E-state index in [9.17, 15) is 0 Å². The number of pyridine rings is 1. The summed E-state index contributed by atoms with van der Waals surface area (Å²) in [6, 6.07) is 12.6. The summed E-state index contributed by atoms with van der Waals surface area (Å²) in [5.41, 5.74) is 3.81. The van der Waals surface area contributed by atoms with Crippen LogP contribution in [0.2, 0.25) is 0 Å². The molecule has 2 aromatic rings.